The largest absolute Gasteiger partial charge is 0.484 e. The maximum atomic E-state index is 11.1. The van der Waals surface area contributed by atoms with Crippen LogP contribution in [-0.2, 0) is 21.4 Å². The van der Waals surface area contributed by atoms with Crippen molar-refractivity contribution >= 4 is 11.9 Å². The zero-order valence-corrected chi connectivity index (χ0v) is 20.9. The van der Waals surface area contributed by atoms with Crippen LogP contribution < -0.4 is 4.74 Å². The van der Waals surface area contributed by atoms with Crippen molar-refractivity contribution in [3.8, 4) is 17.6 Å². The fraction of sp³-hybridized carbons (Fsp3) is 0.467. The molecule has 0 aromatic heterocycles. The van der Waals surface area contributed by atoms with Gasteiger partial charge in [0.05, 0.1) is 18.9 Å². The highest BCUT2D eigenvalue weighted by Crippen LogP contribution is 2.46. The normalized spacial score (nSPS) is 21.1. The highest BCUT2D eigenvalue weighted by Gasteiger charge is 2.41. The topological polar surface area (TPSA) is 71.4 Å². The predicted octanol–water partition coefficient (Wildman–Crippen LogP) is 4.42. The lowest BCUT2D eigenvalue weighted by molar-refractivity contribution is -0.137. The van der Waals surface area contributed by atoms with Crippen molar-refractivity contribution in [2.75, 3.05) is 32.8 Å². The van der Waals surface area contributed by atoms with Crippen LogP contribution in [0.5, 0.6) is 5.75 Å². The molecule has 1 saturated heterocycles. The Hall–Kier alpha value is -3.30. The van der Waals surface area contributed by atoms with Crippen LogP contribution in [0.25, 0.3) is 0 Å². The Bertz CT molecular complexity index is 1170. The third-order valence-corrected chi connectivity index (χ3v) is 7.85. The zero-order valence-electron chi connectivity index (χ0n) is 20.9. The number of benzene rings is 2. The summed E-state index contributed by atoms with van der Waals surface area (Å²) < 4.78 is 12.0. The van der Waals surface area contributed by atoms with Gasteiger partial charge in [0.15, 0.2) is 6.61 Å². The Labute approximate surface area is 213 Å². The molecule has 1 N–H and O–H groups in total. The highest BCUT2D eigenvalue weighted by molar-refractivity contribution is 5.79. The van der Waals surface area contributed by atoms with Crippen molar-refractivity contribution in [2.24, 2.45) is 4.99 Å². The molecule has 0 bridgehead atoms. The average molecular weight is 487 g/mol. The lowest BCUT2D eigenvalue weighted by atomic mass is 9.74. The molecule has 5 rings (SSSR count). The average Bonchev–Trinajstić information content (AvgIpc) is 3.49. The summed E-state index contributed by atoms with van der Waals surface area (Å²) >= 11 is 0. The van der Waals surface area contributed by atoms with E-state index in [1.165, 1.54) is 25.7 Å². The summed E-state index contributed by atoms with van der Waals surface area (Å²) in [6, 6.07) is 16.4. The molecule has 6 heteroatoms. The second-order valence-electron chi connectivity index (χ2n) is 10.1. The molecular weight excluding hydrogens is 452 g/mol. The molecule has 0 radical (unpaired) electrons. The molecule has 3 aliphatic rings. The maximum Gasteiger partial charge on any atom is 0.304 e. The van der Waals surface area contributed by atoms with Gasteiger partial charge in [0.25, 0.3) is 0 Å². The van der Waals surface area contributed by atoms with E-state index in [2.05, 4.69) is 46.0 Å². The molecule has 2 aliphatic heterocycles. The molecule has 6 nitrogen and oxygen atoms in total. The van der Waals surface area contributed by atoms with Gasteiger partial charge in [-0.3, -0.25) is 9.69 Å². The molecule has 188 valence electrons. The van der Waals surface area contributed by atoms with Crippen LogP contribution in [0, 0.1) is 11.8 Å². The van der Waals surface area contributed by atoms with Gasteiger partial charge in [0.2, 0.25) is 5.90 Å². The summed E-state index contributed by atoms with van der Waals surface area (Å²) in [6.45, 7) is 5.81. The van der Waals surface area contributed by atoms with Gasteiger partial charge >= 0.3 is 5.97 Å². The summed E-state index contributed by atoms with van der Waals surface area (Å²) in [5.74, 6) is 5.95. The van der Waals surface area contributed by atoms with E-state index in [9.17, 15) is 4.79 Å². The van der Waals surface area contributed by atoms with Gasteiger partial charge in [-0.25, -0.2) is 4.99 Å². The van der Waals surface area contributed by atoms with Crippen molar-refractivity contribution in [3.63, 3.8) is 0 Å². The number of fused-ring (bicyclic) bond motifs is 2. The Morgan fingerprint density at radius 3 is 2.72 bits per heavy atom. The van der Waals surface area contributed by atoms with Crippen molar-refractivity contribution in [3.05, 3.63) is 65.2 Å². The zero-order chi connectivity index (χ0) is 25.0. The number of piperidine rings is 1. The molecular formula is C30H34N2O4. The highest BCUT2D eigenvalue weighted by atomic mass is 16.5. The first-order valence-corrected chi connectivity index (χ1v) is 12.9. The van der Waals surface area contributed by atoms with Crippen LogP contribution in [0.15, 0.2) is 53.5 Å². The van der Waals surface area contributed by atoms with E-state index in [1.807, 2.05) is 24.3 Å². The third-order valence-electron chi connectivity index (χ3n) is 7.85. The van der Waals surface area contributed by atoms with E-state index in [0.29, 0.717) is 30.2 Å². The number of hydrogen-bond donors (Lipinski definition) is 1. The molecule has 2 aromatic carbocycles. The maximum absolute atomic E-state index is 11.1. The van der Waals surface area contributed by atoms with Crippen LogP contribution in [0.3, 0.4) is 0 Å². The van der Waals surface area contributed by atoms with E-state index in [-0.39, 0.29) is 18.4 Å². The van der Waals surface area contributed by atoms with Gasteiger partial charge in [0.1, 0.15) is 11.9 Å². The molecule has 36 heavy (non-hydrogen) atoms. The molecule has 1 fully saturated rings. The quantitative estimate of drug-likeness (QED) is 0.559. The van der Waals surface area contributed by atoms with Gasteiger partial charge in [-0.15, -0.1) is 5.92 Å². The van der Waals surface area contributed by atoms with Gasteiger partial charge in [-0.2, -0.15) is 0 Å². The number of aliphatic imine (C=N–C) groups is 1. The Balaban J connectivity index is 1.06. The van der Waals surface area contributed by atoms with Crippen LogP contribution in [-0.4, -0.2) is 60.8 Å². The van der Waals surface area contributed by atoms with Crippen molar-refractivity contribution < 1.29 is 19.4 Å². The van der Waals surface area contributed by atoms with Crippen molar-refractivity contribution in [1.82, 2.24) is 4.90 Å². The monoisotopic (exact) mass is 486 g/mol. The second kappa shape index (κ2) is 10.8. The van der Waals surface area contributed by atoms with E-state index in [4.69, 9.17) is 14.6 Å². The number of rotatable bonds is 8. The summed E-state index contributed by atoms with van der Waals surface area (Å²) in [7, 11) is 0. The number of carboxylic acid groups (broad SMARTS) is 1. The summed E-state index contributed by atoms with van der Waals surface area (Å²) in [4.78, 5) is 18.2. The third kappa shape index (κ3) is 5.42. The molecule has 2 atom stereocenters. The standard InChI is InChI=1S/C30H34N2O4/c1-2-5-24(18-29(33)34)22-8-10-25(11-9-22)35-21-28-31-19-26(36-28)20-32-16-14-30(15-17-32)13-12-23-6-3-4-7-27(23)30/h3-4,6-11,24,26H,12-21H2,1H3,(H,33,34)/t24-,26?/m0/s1. The molecule has 1 unspecified atom stereocenters. The first kappa shape index (κ1) is 24.4. The van der Waals surface area contributed by atoms with Gasteiger partial charge in [0, 0.05) is 6.54 Å². The molecule has 1 aliphatic carbocycles. The lowest BCUT2D eigenvalue weighted by Crippen LogP contribution is -2.45. The van der Waals surface area contributed by atoms with Crippen molar-refractivity contribution in [1.29, 1.82) is 0 Å². The second-order valence-corrected chi connectivity index (χ2v) is 10.1. The Kier molecular flexibility index (Phi) is 7.29. The van der Waals surface area contributed by atoms with Gasteiger partial charge < -0.3 is 14.6 Å². The van der Waals surface area contributed by atoms with E-state index in [0.717, 1.165) is 25.2 Å². The number of nitrogens with zero attached hydrogens (tertiary/aromatic N) is 2. The summed E-state index contributed by atoms with van der Waals surface area (Å²) in [5, 5.41) is 9.12. The first-order valence-electron chi connectivity index (χ1n) is 12.9. The van der Waals surface area contributed by atoms with Gasteiger partial charge in [-0.05, 0) is 79.9 Å². The predicted molar refractivity (Wildman–Crippen MR) is 140 cm³/mol. The molecule has 2 aromatic rings. The minimum atomic E-state index is -0.859. The fourth-order valence-electron chi connectivity index (χ4n) is 5.92. The lowest BCUT2D eigenvalue weighted by Gasteiger charge is -2.40. The van der Waals surface area contributed by atoms with E-state index >= 15 is 0 Å². The number of likely N-dealkylation sites (tertiary alicyclic amines) is 1. The van der Waals surface area contributed by atoms with Crippen molar-refractivity contribution in [2.45, 2.75) is 56.5 Å². The fourth-order valence-corrected chi connectivity index (χ4v) is 5.92. The Morgan fingerprint density at radius 2 is 1.97 bits per heavy atom. The molecule has 0 amide bonds. The SMILES string of the molecule is CC#C[C@@H](CC(=O)O)c1ccc(OCC2=NCC(CN3CCC4(CCc5ccccc54)CC3)O2)cc1. The molecule has 2 heterocycles. The first-order chi connectivity index (χ1) is 17.5. The van der Waals surface area contributed by atoms with Crippen LogP contribution >= 0.6 is 0 Å². The molecule has 0 saturated carbocycles. The minimum absolute atomic E-state index is 0.0155. The smallest absolute Gasteiger partial charge is 0.304 e. The Morgan fingerprint density at radius 1 is 1.19 bits per heavy atom. The minimum Gasteiger partial charge on any atom is -0.484 e. The molecule has 1 spiro atoms. The van der Waals surface area contributed by atoms with Crippen LogP contribution in [0.2, 0.25) is 0 Å². The number of carboxylic acids is 1. The van der Waals surface area contributed by atoms with Gasteiger partial charge in [-0.1, -0.05) is 42.3 Å². The number of carbonyl (C=O) groups is 1. The number of aryl methyl sites for hydroxylation is 1. The van der Waals surface area contributed by atoms with E-state index in [1.54, 1.807) is 18.1 Å². The number of aliphatic carboxylic acids is 1. The summed E-state index contributed by atoms with van der Waals surface area (Å²) in [6.07, 6.45) is 5.02. The van der Waals surface area contributed by atoms with E-state index < -0.39 is 5.97 Å². The van der Waals surface area contributed by atoms with Crippen LogP contribution in [0.4, 0.5) is 0 Å². The number of ether oxygens (including phenoxy) is 2. The number of hydrogen-bond acceptors (Lipinski definition) is 5. The summed E-state index contributed by atoms with van der Waals surface area (Å²) in [5.41, 5.74) is 4.39. The van der Waals surface area contributed by atoms with Crippen LogP contribution in [0.1, 0.15) is 55.2 Å².